The second kappa shape index (κ2) is 5.91. The van der Waals surface area contributed by atoms with Crippen LogP contribution in [-0.4, -0.2) is 0 Å². The van der Waals surface area contributed by atoms with Crippen molar-refractivity contribution in [2.24, 2.45) is 50.7 Å². The first-order chi connectivity index (χ1) is 13.1. The molecule has 0 radical (unpaired) electrons. The molecule has 0 N–H and O–H groups in total. The number of hydrogen-bond acceptors (Lipinski definition) is 0. The van der Waals surface area contributed by atoms with Crippen LogP contribution in [0.2, 0.25) is 0 Å². The van der Waals surface area contributed by atoms with Gasteiger partial charge in [0.1, 0.15) is 0 Å². The van der Waals surface area contributed by atoms with E-state index >= 15 is 0 Å². The molecule has 0 bridgehead atoms. The highest BCUT2D eigenvalue weighted by Gasteiger charge is 2.68. The van der Waals surface area contributed by atoms with E-state index in [2.05, 4.69) is 53.7 Å². The van der Waals surface area contributed by atoms with Crippen LogP contribution in [-0.2, 0) is 0 Å². The van der Waals surface area contributed by atoms with Gasteiger partial charge in [0.25, 0.3) is 0 Å². The van der Waals surface area contributed by atoms with Gasteiger partial charge in [0, 0.05) is 0 Å². The van der Waals surface area contributed by atoms with Gasteiger partial charge in [-0.05, 0) is 115 Å². The first-order valence-corrected chi connectivity index (χ1v) is 12.7. The van der Waals surface area contributed by atoms with Crippen LogP contribution >= 0.6 is 0 Å². The highest BCUT2D eigenvalue weighted by molar-refractivity contribution is 5.19. The topological polar surface area (TPSA) is 0 Å². The summed E-state index contributed by atoms with van der Waals surface area (Å²) in [6.45, 7) is 16.2. The van der Waals surface area contributed by atoms with E-state index in [0.717, 1.165) is 23.7 Å². The van der Waals surface area contributed by atoms with E-state index in [4.69, 9.17) is 0 Å². The fraction of sp³-hybridized carbons (Fsp3) is 0.929. The van der Waals surface area contributed by atoms with Crippen molar-refractivity contribution >= 4 is 0 Å². The van der Waals surface area contributed by atoms with Crippen molar-refractivity contribution in [1.82, 2.24) is 0 Å². The largest absolute Gasteiger partial charge is 0.0882 e. The first-order valence-electron chi connectivity index (χ1n) is 12.7. The van der Waals surface area contributed by atoms with Crippen molar-refractivity contribution in [3.63, 3.8) is 0 Å². The monoisotopic (exact) mass is 382 g/mol. The van der Waals surface area contributed by atoms with Crippen LogP contribution in [0.3, 0.4) is 0 Å². The lowest BCUT2D eigenvalue weighted by atomic mass is 9.31. The van der Waals surface area contributed by atoms with E-state index in [1.165, 1.54) is 70.6 Å². The molecule has 0 heterocycles. The maximum atomic E-state index is 2.79. The second-order valence-electron chi connectivity index (χ2n) is 13.6. The predicted octanol–water partition coefficient (Wildman–Crippen LogP) is 8.42. The lowest BCUT2D eigenvalue weighted by molar-refractivity contribution is -0.242. The van der Waals surface area contributed by atoms with Crippen molar-refractivity contribution < 1.29 is 0 Å². The van der Waals surface area contributed by atoms with Gasteiger partial charge in [0.05, 0.1) is 0 Å². The van der Waals surface area contributed by atoms with Gasteiger partial charge in [-0.1, -0.05) is 60.1 Å². The minimum atomic E-state index is 0.557. The van der Waals surface area contributed by atoms with Crippen LogP contribution in [0, 0.1) is 50.7 Å². The van der Waals surface area contributed by atoms with Gasteiger partial charge in [-0.3, -0.25) is 0 Å². The molecule has 0 spiro atoms. The summed E-state index contributed by atoms with van der Waals surface area (Å²) in [5, 5.41) is 0. The Bertz CT molecular complexity index is 672. The van der Waals surface area contributed by atoms with Gasteiger partial charge < -0.3 is 0 Å². The third-order valence-corrected chi connectivity index (χ3v) is 12.5. The van der Waals surface area contributed by atoms with Gasteiger partial charge in [0.2, 0.25) is 0 Å². The molecule has 5 aliphatic rings. The maximum Gasteiger partial charge on any atom is -0.0226 e. The zero-order valence-electron chi connectivity index (χ0n) is 19.7. The van der Waals surface area contributed by atoms with Gasteiger partial charge in [-0.2, -0.15) is 0 Å². The molecule has 0 heteroatoms. The molecule has 0 unspecified atom stereocenters. The minimum Gasteiger partial charge on any atom is -0.0882 e. The van der Waals surface area contributed by atoms with Gasteiger partial charge in [-0.15, -0.1) is 0 Å². The average molecular weight is 383 g/mol. The zero-order valence-corrected chi connectivity index (χ0v) is 19.7. The smallest absolute Gasteiger partial charge is 0.0226 e. The molecular formula is C28H46. The lowest BCUT2D eigenvalue weighted by Crippen LogP contribution is -2.66. The molecule has 0 amide bonds. The van der Waals surface area contributed by atoms with E-state index in [9.17, 15) is 0 Å². The molecule has 0 nitrogen and oxygen atoms in total. The zero-order chi connectivity index (χ0) is 20.0. The molecule has 8 atom stereocenters. The Labute approximate surface area is 175 Å². The third kappa shape index (κ3) is 2.25. The van der Waals surface area contributed by atoms with Crippen LogP contribution in [0.4, 0.5) is 0 Å². The fourth-order valence-corrected chi connectivity index (χ4v) is 10.9. The molecule has 28 heavy (non-hydrogen) atoms. The Balaban J connectivity index is 1.55. The molecule has 4 saturated carbocycles. The Morgan fingerprint density at radius 1 is 0.607 bits per heavy atom. The summed E-state index contributed by atoms with van der Waals surface area (Å²) in [5.74, 6) is 3.81. The number of allylic oxidation sites excluding steroid dienone is 2. The van der Waals surface area contributed by atoms with Crippen LogP contribution in [0.5, 0.6) is 0 Å². The molecule has 0 aromatic heterocycles. The van der Waals surface area contributed by atoms with E-state index in [1.807, 2.05) is 0 Å². The molecular weight excluding hydrogens is 336 g/mol. The summed E-state index contributed by atoms with van der Waals surface area (Å²) in [6, 6.07) is 0. The quantitative estimate of drug-likeness (QED) is 0.369. The Morgan fingerprint density at radius 3 is 1.96 bits per heavy atom. The SMILES string of the molecule is CC1(C)CCC[C@]2(C)[C@H]3CC[C@@H]4[C@@]5(C)CC=CC[C@@H]5CC[C@@]4(C)[C@]3(C)CC[C@@H]12. The highest BCUT2D eigenvalue weighted by Crippen LogP contribution is 2.76. The summed E-state index contributed by atoms with van der Waals surface area (Å²) in [7, 11) is 0. The summed E-state index contributed by atoms with van der Waals surface area (Å²) in [6.07, 6.45) is 21.2. The van der Waals surface area contributed by atoms with Crippen LogP contribution in [0.25, 0.3) is 0 Å². The summed E-state index contributed by atoms with van der Waals surface area (Å²) in [5.41, 5.74) is 2.84. The molecule has 5 rings (SSSR count). The third-order valence-electron chi connectivity index (χ3n) is 12.5. The van der Waals surface area contributed by atoms with Crippen molar-refractivity contribution in [1.29, 1.82) is 0 Å². The van der Waals surface area contributed by atoms with Crippen LogP contribution < -0.4 is 0 Å². The molecule has 158 valence electrons. The summed E-state index contributed by atoms with van der Waals surface area (Å²) in [4.78, 5) is 0. The van der Waals surface area contributed by atoms with Gasteiger partial charge in [-0.25, -0.2) is 0 Å². The number of fused-ring (bicyclic) bond motifs is 7. The van der Waals surface area contributed by atoms with Crippen LogP contribution in [0.15, 0.2) is 12.2 Å². The normalized spacial score (nSPS) is 57.5. The molecule has 0 aliphatic heterocycles. The van der Waals surface area contributed by atoms with Crippen molar-refractivity contribution in [3.05, 3.63) is 12.2 Å². The average Bonchev–Trinajstić information content (AvgIpc) is 2.61. The van der Waals surface area contributed by atoms with Crippen molar-refractivity contribution in [2.75, 3.05) is 0 Å². The predicted molar refractivity (Wildman–Crippen MR) is 120 cm³/mol. The Kier molecular flexibility index (Phi) is 4.16. The van der Waals surface area contributed by atoms with Gasteiger partial charge >= 0.3 is 0 Å². The molecule has 0 aromatic carbocycles. The lowest BCUT2D eigenvalue weighted by Gasteiger charge is -2.73. The minimum absolute atomic E-state index is 0.557. The van der Waals surface area contributed by atoms with E-state index in [1.54, 1.807) is 0 Å². The standard InChI is InChI=1S/C28H46/c1-24(2)15-9-17-26(4)21(24)14-19-28(6)23(26)12-11-22-25(3)16-8-7-10-20(25)13-18-27(22,28)5/h7-8,20-23H,9-19H2,1-6H3/t20-,21+,22-,23-,25+,26+,27-,28-/m1/s1. The van der Waals surface area contributed by atoms with E-state index in [0.29, 0.717) is 27.1 Å². The Hall–Kier alpha value is -0.260. The van der Waals surface area contributed by atoms with E-state index < -0.39 is 0 Å². The first kappa shape index (κ1) is 19.7. The van der Waals surface area contributed by atoms with E-state index in [-0.39, 0.29) is 0 Å². The second-order valence-corrected chi connectivity index (χ2v) is 13.6. The number of hydrogen-bond donors (Lipinski definition) is 0. The van der Waals surface area contributed by atoms with Gasteiger partial charge in [0.15, 0.2) is 0 Å². The fourth-order valence-electron chi connectivity index (χ4n) is 10.9. The molecule has 5 aliphatic carbocycles. The maximum absolute atomic E-state index is 2.79. The van der Waals surface area contributed by atoms with Crippen molar-refractivity contribution in [2.45, 2.75) is 112 Å². The van der Waals surface area contributed by atoms with Crippen LogP contribution in [0.1, 0.15) is 112 Å². The Morgan fingerprint density at radius 2 is 1.25 bits per heavy atom. The van der Waals surface area contributed by atoms with Crippen molar-refractivity contribution in [3.8, 4) is 0 Å². The highest BCUT2D eigenvalue weighted by atomic mass is 14.7. The molecule has 0 aromatic rings. The molecule has 0 saturated heterocycles. The summed E-state index contributed by atoms with van der Waals surface area (Å²) < 4.78 is 0. The summed E-state index contributed by atoms with van der Waals surface area (Å²) >= 11 is 0. The molecule has 4 fully saturated rings. The number of rotatable bonds is 0.